The first-order chi connectivity index (χ1) is 16.3. The van der Waals surface area contributed by atoms with Gasteiger partial charge in [0.2, 0.25) is 5.91 Å². The van der Waals surface area contributed by atoms with Crippen molar-refractivity contribution >= 4 is 17.5 Å². The highest BCUT2D eigenvalue weighted by Crippen LogP contribution is 2.27. The molecule has 2 amide bonds. The fraction of sp³-hybridized carbons (Fsp3) is 0.179. The molecule has 0 spiro atoms. The summed E-state index contributed by atoms with van der Waals surface area (Å²) in [6, 6.07) is 23.4. The molecule has 0 aliphatic heterocycles. The number of para-hydroxylation sites is 1. The van der Waals surface area contributed by atoms with E-state index in [4.69, 9.17) is 5.10 Å². The zero-order valence-corrected chi connectivity index (χ0v) is 19.9. The summed E-state index contributed by atoms with van der Waals surface area (Å²) in [5, 5.41) is 7.78. The average Bonchev–Trinajstić information content (AvgIpc) is 3.27. The highest BCUT2D eigenvalue weighted by atomic mass is 16.2. The predicted octanol–water partition coefficient (Wildman–Crippen LogP) is 5.39. The highest BCUT2D eigenvalue weighted by Gasteiger charge is 2.19. The second-order valence-electron chi connectivity index (χ2n) is 8.50. The highest BCUT2D eigenvalue weighted by molar-refractivity contribution is 6.08. The zero-order valence-electron chi connectivity index (χ0n) is 19.9. The molecule has 6 nitrogen and oxygen atoms in total. The molecule has 3 aromatic carbocycles. The van der Waals surface area contributed by atoms with Crippen LogP contribution in [0.1, 0.15) is 34.0 Å². The number of nitrogens with one attached hydrogen (secondary N) is 1. The molecule has 0 saturated carbocycles. The van der Waals surface area contributed by atoms with Gasteiger partial charge >= 0.3 is 0 Å². The SMILES string of the molecule is CC(=O)N(C)Cc1cccc(NC(=O)c2cn(-c3ccccc3)nc2-c2ccc(C)c(C)c2)c1. The first-order valence-electron chi connectivity index (χ1n) is 11.2. The molecule has 6 heteroatoms. The van der Waals surface area contributed by atoms with Crippen molar-refractivity contribution in [3.63, 3.8) is 0 Å². The van der Waals surface area contributed by atoms with Crippen LogP contribution in [-0.2, 0) is 11.3 Å². The second kappa shape index (κ2) is 9.75. The van der Waals surface area contributed by atoms with E-state index in [1.54, 1.807) is 22.8 Å². The standard InChI is InChI=1S/C28H28N4O2/c1-19-13-14-23(15-20(19)2)27-26(18-32(30-27)25-11-6-5-7-12-25)28(34)29-24-10-8-9-22(16-24)17-31(4)21(3)33/h5-16,18H,17H2,1-4H3,(H,29,34). The summed E-state index contributed by atoms with van der Waals surface area (Å²) in [6.45, 7) is 6.12. The Labute approximate surface area is 199 Å². The van der Waals surface area contributed by atoms with Crippen LogP contribution in [0.4, 0.5) is 5.69 Å². The van der Waals surface area contributed by atoms with Gasteiger partial charge in [-0.1, -0.05) is 42.5 Å². The van der Waals surface area contributed by atoms with E-state index in [9.17, 15) is 9.59 Å². The number of nitrogens with zero attached hydrogens (tertiary/aromatic N) is 3. The summed E-state index contributed by atoms with van der Waals surface area (Å²) in [7, 11) is 1.75. The summed E-state index contributed by atoms with van der Waals surface area (Å²) in [5.41, 5.74) is 6.80. The van der Waals surface area contributed by atoms with Gasteiger partial charge in [-0.3, -0.25) is 9.59 Å². The molecule has 0 fully saturated rings. The quantitative estimate of drug-likeness (QED) is 0.427. The van der Waals surface area contributed by atoms with Gasteiger partial charge in [-0.25, -0.2) is 4.68 Å². The first-order valence-corrected chi connectivity index (χ1v) is 11.2. The van der Waals surface area contributed by atoms with E-state index in [1.165, 1.54) is 12.5 Å². The van der Waals surface area contributed by atoms with Gasteiger partial charge in [0, 0.05) is 38.0 Å². The number of hydrogen-bond donors (Lipinski definition) is 1. The summed E-state index contributed by atoms with van der Waals surface area (Å²) in [5.74, 6) is -0.256. The van der Waals surface area contributed by atoms with Crippen molar-refractivity contribution in [3.8, 4) is 16.9 Å². The van der Waals surface area contributed by atoms with Gasteiger partial charge in [0.25, 0.3) is 5.91 Å². The Kier molecular flexibility index (Phi) is 6.59. The van der Waals surface area contributed by atoms with Crippen LogP contribution in [0.15, 0.2) is 79.0 Å². The van der Waals surface area contributed by atoms with E-state index in [0.717, 1.165) is 22.4 Å². The number of carbonyl (C=O) groups excluding carboxylic acids is 2. The molecular formula is C28H28N4O2. The Morgan fingerprint density at radius 1 is 0.941 bits per heavy atom. The Bertz CT molecular complexity index is 1340. The van der Waals surface area contributed by atoms with Crippen molar-refractivity contribution in [1.82, 2.24) is 14.7 Å². The first kappa shape index (κ1) is 23.0. The minimum Gasteiger partial charge on any atom is -0.342 e. The largest absolute Gasteiger partial charge is 0.342 e. The minimum absolute atomic E-state index is 0.0132. The predicted molar refractivity (Wildman–Crippen MR) is 135 cm³/mol. The Hall–Kier alpha value is -4.19. The van der Waals surface area contributed by atoms with Crippen LogP contribution in [0, 0.1) is 13.8 Å². The molecular weight excluding hydrogens is 424 g/mol. The molecule has 1 aromatic heterocycles. The number of amides is 2. The third kappa shape index (κ3) is 5.07. The van der Waals surface area contributed by atoms with Gasteiger partial charge in [-0.05, 0) is 60.9 Å². The molecule has 0 atom stereocenters. The molecule has 34 heavy (non-hydrogen) atoms. The molecule has 1 N–H and O–H groups in total. The summed E-state index contributed by atoms with van der Waals surface area (Å²) in [4.78, 5) is 26.6. The summed E-state index contributed by atoms with van der Waals surface area (Å²) >= 11 is 0. The lowest BCUT2D eigenvalue weighted by Gasteiger charge is -2.15. The second-order valence-corrected chi connectivity index (χ2v) is 8.50. The van der Waals surface area contributed by atoms with Crippen LogP contribution in [-0.4, -0.2) is 33.5 Å². The smallest absolute Gasteiger partial charge is 0.259 e. The van der Waals surface area contributed by atoms with Crippen molar-refractivity contribution in [3.05, 3.63) is 101 Å². The van der Waals surface area contributed by atoms with E-state index in [1.807, 2.05) is 66.7 Å². The number of hydrogen-bond acceptors (Lipinski definition) is 3. The lowest BCUT2D eigenvalue weighted by atomic mass is 10.0. The number of aromatic nitrogens is 2. The maximum atomic E-state index is 13.4. The van der Waals surface area contributed by atoms with Crippen LogP contribution in [0.5, 0.6) is 0 Å². The van der Waals surface area contributed by atoms with Gasteiger partial charge in [-0.2, -0.15) is 5.10 Å². The molecule has 4 rings (SSSR count). The molecule has 0 saturated heterocycles. The molecule has 172 valence electrons. The molecule has 0 bridgehead atoms. The maximum Gasteiger partial charge on any atom is 0.259 e. The topological polar surface area (TPSA) is 67.2 Å². The normalized spacial score (nSPS) is 10.7. The monoisotopic (exact) mass is 452 g/mol. The Morgan fingerprint density at radius 3 is 2.41 bits per heavy atom. The fourth-order valence-corrected chi connectivity index (χ4v) is 3.69. The van der Waals surface area contributed by atoms with Gasteiger partial charge in [0.05, 0.1) is 11.3 Å². The van der Waals surface area contributed by atoms with Crippen molar-refractivity contribution in [2.45, 2.75) is 27.3 Å². The van der Waals surface area contributed by atoms with Gasteiger partial charge in [-0.15, -0.1) is 0 Å². The van der Waals surface area contributed by atoms with Crippen molar-refractivity contribution in [2.24, 2.45) is 0 Å². The van der Waals surface area contributed by atoms with Gasteiger partial charge < -0.3 is 10.2 Å². The Balaban J connectivity index is 1.69. The number of anilines is 1. The lowest BCUT2D eigenvalue weighted by Crippen LogP contribution is -2.23. The van der Waals surface area contributed by atoms with E-state index < -0.39 is 0 Å². The molecule has 0 aliphatic carbocycles. The zero-order chi connectivity index (χ0) is 24.2. The number of carbonyl (C=O) groups is 2. The van der Waals surface area contributed by atoms with Gasteiger partial charge in [0.15, 0.2) is 0 Å². The van der Waals surface area contributed by atoms with Crippen LogP contribution < -0.4 is 5.32 Å². The molecule has 1 heterocycles. The fourth-order valence-electron chi connectivity index (χ4n) is 3.69. The van der Waals surface area contributed by atoms with Crippen LogP contribution in [0.25, 0.3) is 16.9 Å². The minimum atomic E-state index is -0.243. The van der Waals surface area contributed by atoms with Crippen LogP contribution in [0.2, 0.25) is 0 Å². The molecule has 4 aromatic rings. The third-order valence-corrected chi connectivity index (χ3v) is 5.90. The summed E-state index contributed by atoms with van der Waals surface area (Å²) in [6.07, 6.45) is 1.77. The van der Waals surface area contributed by atoms with Crippen LogP contribution in [0.3, 0.4) is 0 Å². The number of rotatable bonds is 6. The van der Waals surface area contributed by atoms with Crippen LogP contribution >= 0.6 is 0 Å². The summed E-state index contributed by atoms with van der Waals surface area (Å²) < 4.78 is 1.73. The lowest BCUT2D eigenvalue weighted by molar-refractivity contribution is -0.128. The van der Waals surface area contributed by atoms with Gasteiger partial charge in [0.1, 0.15) is 5.69 Å². The maximum absolute atomic E-state index is 13.4. The van der Waals surface area contributed by atoms with Crippen molar-refractivity contribution in [2.75, 3.05) is 12.4 Å². The molecule has 0 aliphatic rings. The molecule has 0 radical (unpaired) electrons. The number of aryl methyl sites for hydroxylation is 2. The van der Waals surface area contributed by atoms with Crippen molar-refractivity contribution in [1.29, 1.82) is 0 Å². The Morgan fingerprint density at radius 2 is 1.71 bits per heavy atom. The third-order valence-electron chi connectivity index (χ3n) is 5.90. The van der Waals surface area contributed by atoms with E-state index in [2.05, 4.69) is 25.2 Å². The average molecular weight is 453 g/mol. The van der Waals surface area contributed by atoms with Crippen molar-refractivity contribution < 1.29 is 9.59 Å². The molecule has 0 unspecified atom stereocenters. The number of benzene rings is 3. The van der Waals surface area contributed by atoms with E-state index in [0.29, 0.717) is 23.5 Å². The van der Waals surface area contributed by atoms with E-state index >= 15 is 0 Å². The van der Waals surface area contributed by atoms with E-state index in [-0.39, 0.29) is 11.8 Å².